The molecule has 0 bridgehead atoms. The van der Waals surface area contributed by atoms with Crippen molar-refractivity contribution in [1.29, 1.82) is 0 Å². The third-order valence-corrected chi connectivity index (χ3v) is 8.41. The number of hydrogen-bond acceptors (Lipinski definition) is 3. The van der Waals surface area contributed by atoms with E-state index < -0.39 is 12.3 Å². The monoisotopic (exact) mass is 437 g/mol. The second-order valence-corrected chi connectivity index (χ2v) is 9.32. The number of rotatable bonds is 4. The Bertz CT molecular complexity index is 804. The van der Waals surface area contributed by atoms with Gasteiger partial charge >= 0.3 is 0 Å². The summed E-state index contributed by atoms with van der Waals surface area (Å²) < 4.78 is 19.9. The van der Waals surface area contributed by atoms with Crippen molar-refractivity contribution in [2.24, 2.45) is 0 Å². The Morgan fingerprint density at radius 1 is 1.17 bits per heavy atom. The van der Waals surface area contributed by atoms with Gasteiger partial charge in [-0.25, -0.2) is 4.98 Å². The van der Waals surface area contributed by atoms with Crippen LogP contribution in [0.4, 0.5) is 0 Å². The van der Waals surface area contributed by atoms with Gasteiger partial charge in [-0.15, -0.1) is 0 Å². The Kier molecular flexibility index (Phi) is 4.74. The number of allylic oxidation sites excluding steroid dienone is 4. The van der Waals surface area contributed by atoms with Crippen LogP contribution in [0.25, 0.3) is 0 Å². The fourth-order valence-electron chi connectivity index (χ4n) is 2.93. The number of aromatic nitrogens is 1. The Balaban J connectivity index is 2.29. The molecular weight excluding hydrogens is 420 g/mol. The van der Waals surface area contributed by atoms with Gasteiger partial charge in [0.25, 0.3) is 0 Å². The lowest BCUT2D eigenvalue weighted by Crippen LogP contribution is -2.36. The molecule has 0 saturated heterocycles. The standard InChI is InChI=1S/C18H17INO2P/c1-18(12-6-3-7-13-18)23(21,15-9-4-2-5-10-15)17-16(22-19)11-8-14-20-17/h2-12,14H,13H2,1H3. The minimum atomic E-state index is -3.04. The van der Waals surface area contributed by atoms with Crippen LogP contribution in [0.3, 0.4) is 0 Å². The predicted octanol–water partition coefficient (Wildman–Crippen LogP) is 4.40. The second kappa shape index (κ2) is 6.62. The summed E-state index contributed by atoms with van der Waals surface area (Å²) in [5.74, 6) is 0.560. The van der Waals surface area contributed by atoms with Crippen molar-refractivity contribution in [2.45, 2.75) is 18.5 Å². The zero-order valence-corrected chi connectivity index (χ0v) is 15.8. The highest BCUT2D eigenvalue weighted by atomic mass is 127. The Morgan fingerprint density at radius 3 is 2.61 bits per heavy atom. The molecule has 5 heteroatoms. The van der Waals surface area contributed by atoms with E-state index in [1.54, 1.807) is 12.3 Å². The molecule has 3 rings (SSSR count). The minimum absolute atomic E-state index is 0.526. The van der Waals surface area contributed by atoms with E-state index in [0.29, 0.717) is 17.6 Å². The Morgan fingerprint density at radius 2 is 1.96 bits per heavy atom. The van der Waals surface area contributed by atoms with E-state index in [2.05, 4.69) is 11.1 Å². The highest BCUT2D eigenvalue weighted by molar-refractivity contribution is 14.1. The maximum absolute atomic E-state index is 14.4. The predicted molar refractivity (Wildman–Crippen MR) is 104 cm³/mol. The molecule has 118 valence electrons. The van der Waals surface area contributed by atoms with Crippen LogP contribution < -0.4 is 13.8 Å². The molecule has 0 spiro atoms. The average molecular weight is 437 g/mol. The Labute approximate surface area is 150 Å². The molecule has 2 aromatic rings. The molecule has 1 aliphatic rings. The molecule has 0 N–H and O–H groups in total. The molecule has 1 aromatic carbocycles. The lowest BCUT2D eigenvalue weighted by atomic mass is 10.0. The summed E-state index contributed by atoms with van der Waals surface area (Å²) in [6, 6.07) is 13.2. The van der Waals surface area contributed by atoms with Crippen molar-refractivity contribution in [3.05, 3.63) is 73.0 Å². The lowest BCUT2D eigenvalue weighted by molar-refractivity contribution is 0.563. The van der Waals surface area contributed by atoms with Crippen LogP contribution in [0.2, 0.25) is 0 Å². The summed E-state index contributed by atoms with van der Waals surface area (Å²) in [7, 11) is -3.04. The van der Waals surface area contributed by atoms with Gasteiger partial charge in [-0.2, -0.15) is 0 Å². The summed E-state index contributed by atoms with van der Waals surface area (Å²) in [6.45, 7) is 2.03. The van der Waals surface area contributed by atoms with Crippen LogP contribution in [0, 0.1) is 0 Å². The van der Waals surface area contributed by atoms with Gasteiger partial charge in [0, 0.05) is 11.5 Å². The highest BCUT2D eigenvalue weighted by Crippen LogP contribution is 2.60. The van der Waals surface area contributed by atoms with Crippen LogP contribution in [0.15, 0.2) is 73.0 Å². The van der Waals surface area contributed by atoms with Gasteiger partial charge in [-0.3, -0.25) is 0 Å². The summed E-state index contributed by atoms with van der Waals surface area (Å²) >= 11 is 1.82. The summed E-state index contributed by atoms with van der Waals surface area (Å²) in [6.07, 6.45) is 10.4. The van der Waals surface area contributed by atoms with Crippen LogP contribution in [0.5, 0.6) is 5.75 Å². The van der Waals surface area contributed by atoms with Gasteiger partial charge in [0.2, 0.25) is 0 Å². The molecule has 2 atom stereocenters. The topological polar surface area (TPSA) is 39.2 Å². The van der Waals surface area contributed by atoms with Gasteiger partial charge in [0.15, 0.2) is 35.9 Å². The van der Waals surface area contributed by atoms with Gasteiger partial charge < -0.3 is 7.63 Å². The van der Waals surface area contributed by atoms with E-state index in [4.69, 9.17) is 3.07 Å². The maximum atomic E-state index is 14.4. The van der Waals surface area contributed by atoms with Crippen LogP contribution in [0.1, 0.15) is 13.3 Å². The molecule has 0 saturated carbocycles. The van der Waals surface area contributed by atoms with Crippen molar-refractivity contribution < 1.29 is 7.63 Å². The maximum Gasteiger partial charge on any atom is 0.192 e. The number of pyridine rings is 1. The normalized spacial score (nSPS) is 22.5. The first-order valence-electron chi connectivity index (χ1n) is 7.36. The van der Waals surface area contributed by atoms with Crippen LogP contribution in [-0.2, 0) is 4.57 Å². The van der Waals surface area contributed by atoms with Gasteiger partial charge in [-0.1, -0.05) is 54.6 Å². The summed E-state index contributed by atoms with van der Waals surface area (Å²) in [4.78, 5) is 4.47. The molecular formula is C18H17INO2P. The fraction of sp³-hybridized carbons (Fsp3) is 0.167. The molecule has 0 amide bonds. The van der Waals surface area contributed by atoms with Crippen molar-refractivity contribution in [3.8, 4) is 5.75 Å². The van der Waals surface area contributed by atoms with E-state index in [1.165, 1.54) is 0 Å². The van der Waals surface area contributed by atoms with Gasteiger partial charge in [0.05, 0.1) is 5.16 Å². The van der Waals surface area contributed by atoms with Crippen molar-refractivity contribution >= 4 is 40.9 Å². The SMILES string of the molecule is CC1(P(=O)(c2ccccc2)c2ncccc2OI)C=CC=CC1. The zero-order valence-electron chi connectivity index (χ0n) is 12.7. The zero-order chi connectivity index (χ0) is 16.3. The first kappa shape index (κ1) is 16.5. The smallest absolute Gasteiger partial charge is 0.192 e. The molecule has 3 nitrogen and oxygen atoms in total. The lowest BCUT2D eigenvalue weighted by Gasteiger charge is -2.36. The largest absolute Gasteiger partial charge is 0.425 e. The average Bonchev–Trinajstić information content (AvgIpc) is 2.62. The third kappa shape index (κ3) is 2.79. The van der Waals surface area contributed by atoms with Gasteiger partial charge in [0.1, 0.15) is 5.44 Å². The number of nitrogens with zero attached hydrogens (tertiary/aromatic N) is 1. The molecule has 0 fully saturated rings. The highest BCUT2D eigenvalue weighted by Gasteiger charge is 2.47. The van der Waals surface area contributed by atoms with Crippen molar-refractivity contribution in [3.63, 3.8) is 0 Å². The second-order valence-electron chi connectivity index (χ2n) is 5.70. The first-order valence-corrected chi connectivity index (χ1v) is 9.95. The minimum Gasteiger partial charge on any atom is -0.425 e. The quantitative estimate of drug-likeness (QED) is 0.526. The van der Waals surface area contributed by atoms with E-state index in [0.717, 1.165) is 5.30 Å². The van der Waals surface area contributed by atoms with Crippen LogP contribution in [-0.4, -0.2) is 10.1 Å². The summed E-state index contributed by atoms with van der Waals surface area (Å²) in [5.41, 5.74) is 0.531. The molecule has 2 unspecified atom stereocenters. The van der Waals surface area contributed by atoms with E-state index in [9.17, 15) is 4.57 Å². The van der Waals surface area contributed by atoms with Crippen molar-refractivity contribution in [1.82, 2.24) is 4.98 Å². The molecule has 0 radical (unpaired) electrons. The van der Waals surface area contributed by atoms with Crippen molar-refractivity contribution in [2.75, 3.05) is 0 Å². The molecule has 0 aliphatic heterocycles. The molecule has 23 heavy (non-hydrogen) atoms. The van der Waals surface area contributed by atoms with E-state index in [1.807, 2.05) is 84.6 Å². The molecule has 1 aliphatic carbocycles. The third-order valence-electron chi connectivity index (χ3n) is 4.21. The van der Waals surface area contributed by atoms with E-state index >= 15 is 0 Å². The number of hydrogen-bond donors (Lipinski definition) is 0. The molecule has 1 heterocycles. The number of benzene rings is 1. The van der Waals surface area contributed by atoms with E-state index in [-0.39, 0.29) is 0 Å². The van der Waals surface area contributed by atoms with Crippen LogP contribution >= 0.6 is 30.1 Å². The fourth-order valence-corrected chi connectivity index (χ4v) is 6.68. The summed E-state index contributed by atoms with van der Waals surface area (Å²) in [5, 5.41) is 0.275. The number of halogens is 1. The first-order chi connectivity index (χ1) is 11.1. The Hall–Kier alpha value is -1.39. The van der Waals surface area contributed by atoms with Gasteiger partial charge in [-0.05, 0) is 25.5 Å². The molecule has 1 aromatic heterocycles.